The molecule has 0 N–H and O–H groups in total. The summed E-state index contributed by atoms with van der Waals surface area (Å²) in [4.78, 5) is 10.7. The zero-order valence-corrected chi connectivity index (χ0v) is 14.4. The van der Waals surface area contributed by atoms with E-state index in [1.54, 1.807) is 4.68 Å². The lowest BCUT2D eigenvalue weighted by molar-refractivity contribution is -0.385. The molecule has 9 nitrogen and oxygen atoms in total. The first kappa shape index (κ1) is 16.7. The zero-order chi connectivity index (χ0) is 17.3. The van der Waals surface area contributed by atoms with E-state index in [1.807, 2.05) is 20.8 Å². The van der Waals surface area contributed by atoms with Crippen molar-refractivity contribution in [3.8, 4) is 5.75 Å². The molecule has 0 saturated carbocycles. The predicted octanol–water partition coefficient (Wildman–Crippen LogP) is 2.50. The lowest BCUT2D eigenvalue weighted by atomic mass is 10.1. The van der Waals surface area contributed by atoms with Crippen molar-refractivity contribution in [3.63, 3.8) is 0 Å². The standard InChI is InChI=1S/C14H17N5O4S/c1-14(2,3)18-13(15-16-17-18)24-7-10-5-11(19(20)21)4-9-6-22-8-23-12(9)10/h4-5H,6-8H2,1-3H3. The van der Waals surface area contributed by atoms with Gasteiger partial charge in [0.25, 0.3) is 5.69 Å². The van der Waals surface area contributed by atoms with Crippen LogP contribution in [0.4, 0.5) is 5.69 Å². The van der Waals surface area contributed by atoms with Gasteiger partial charge < -0.3 is 9.47 Å². The second-order valence-electron chi connectivity index (χ2n) is 6.29. The minimum absolute atomic E-state index is 0.0221. The first-order valence-electron chi connectivity index (χ1n) is 7.28. The van der Waals surface area contributed by atoms with Gasteiger partial charge in [0, 0.05) is 29.0 Å². The third-order valence-electron chi connectivity index (χ3n) is 3.42. The highest BCUT2D eigenvalue weighted by atomic mass is 32.2. The average Bonchev–Trinajstić information content (AvgIpc) is 3.01. The summed E-state index contributed by atoms with van der Waals surface area (Å²) in [6, 6.07) is 3.02. The van der Waals surface area contributed by atoms with Gasteiger partial charge in [0.2, 0.25) is 5.16 Å². The molecule has 0 atom stereocenters. The maximum absolute atomic E-state index is 11.1. The molecule has 1 aromatic carbocycles. The topological polar surface area (TPSA) is 105 Å². The van der Waals surface area contributed by atoms with Crippen molar-refractivity contribution in [1.29, 1.82) is 0 Å². The molecule has 0 bridgehead atoms. The van der Waals surface area contributed by atoms with Crippen molar-refractivity contribution in [2.75, 3.05) is 6.79 Å². The Labute approximate surface area is 142 Å². The number of non-ortho nitro benzene ring substituents is 1. The number of tetrazole rings is 1. The summed E-state index contributed by atoms with van der Waals surface area (Å²) in [5.41, 5.74) is 1.18. The van der Waals surface area contributed by atoms with Crippen molar-refractivity contribution in [3.05, 3.63) is 33.4 Å². The van der Waals surface area contributed by atoms with Crippen LogP contribution in [0.5, 0.6) is 5.75 Å². The van der Waals surface area contributed by atoms with Gasteiger partial charge in [0.1, 0.15) is 5.75 Å². The maximum atomic E-state index is 11.1. The van der Waals surface area contributed by atoms with Gasteiger partial charge in [-0.25, -0.2) is 4.68 Å². The smallest absolute Gasteiger partial charge is 0.270 e. The predicted molar refractivity (Wildman–Crippen MR) is 85.8 cm³/mol. The Morgan fingerprint density at radius 1 is 1.42 bits per heavy atom. The van der Waals surface area contributed by atoms with E-state index in [1.165, 1.54) is 23.9 Å². The minimum Gasteiger partial charge on any atom is -0.467 e. The second-order valence-corrected chi connectivity index (χ2v) is 7.24. The zero-order valence-electron chi connectivity index (χ0n) is 13.6. The Morgan fingerprint density at radius 2 is 2.21 bits per heavy atom. The van der Waals surface area contributed by atoms with Gasteiger partial charge in [0.05, 0.1) is 17.1 Å². The fourth-order valence-corrected chi connectivity index (χ4v) is 3.35. The van der Waals surface area contributed by atoms with Crippen LogP contribution in [-0.4, -0.2) is 31.9 Å². The van der Waals surface area contributed by atoms with Crippen molar-refractivity contribution in [1.82, 2.24) is 20.2 Å². The average molecular weight is 351 g/mol. The highest BCUT2D eigenvalue weighted by Crippen LogP contribution is 2.36. The number of nitrogens with zero attached hydrogens (tertiary/aromatic N) is 5. The third kappa shape index (κ3) is 3.34. The van der Waals surface area contributed by atoms with Gasteiger partial charge in [-0.1, -0.05) is 11.8 Å². The molecule has 1 aromatic heterocycles. The molecule has 0 unspecified atom stereocenters. The largest absolute Gasteiger partial charge is 0.467 e. The van der Waals surface area contributed by atoms with Crippen molar-refractivity contribution in [2.24, 2.45) is 0 Å². The van der Waals surface area contributed by atoms with E-state index in [2.05, 4.69) is 15.5 Å². The highest BCUT2D eigenvalue weighted by molar-refractivity contribution is 7.98. The van der Waals surface area contributed by atoms with E-state index in [0.29, 0.717) is 28.8 Å². The summed E-state index contributed by atoms with van der Waals surface area (Å²) in [5, 5.41) is 23.5. The number of nitro benzene ring substituents is 1. The van der Waals surface area contributed by atoms with Gasteiger partial charge in [-0.3, -0.25) is 10.1 Å². The van der Waals surface area contributed by atoms with E-state index in [9.17, 15) is 10.1 Å². The number of thioether (sulfide) groups is 1. The maximum Gasteiger partial charge on any atom is 0.270 e. The lowest BCUT2D eigenvalue weighted by Gasteiger charge is -2.21. The van der Waals surface area contributed by atoms with Crippen LogP contribution in [0.25, 0.3) is 0 Å². The summed E-state index contributed by atoms with van der Waals surface area (Å²) < 4.78 is 12.5. The SMILES string of the molecule is CC(C)(C)n1nnnc1SCc1cc([N+](=O)[O-])cc2c1OCOC2. The molecule has 10 heteroatoms. The van der Waals surface area contributed by atoms with E-state index in [-0.39, 0.29) is 18.0 Å². The molecule has 0 amide bonds. The summed E-state index contributed by atoms with van der Waals surface area (Å²) >= 11 is 1.41. The van der Waals surface area contributed by atoms with Crippen LogP contribution in [0, 0.1) is 10.1 Å². The lowest BCUT2D eigenvalue weighted by Crippen LogP contribution is -2.24. The molecular formula is C14H17N5O4S. The van der Waals surface area contributed by atoms with E-state index >= 15 is 0 Å². The Hall–Kier alpha value is -2.20. The molecule has 3 rings (SSSR count). The number of benzene rings is 1. The van der Waals surface area contributed by atoms with Crippen LogP contribution < -0.4 is 4.74 Å². The molecule has 2 aromatic rings. The number of hydrogen-bond acceptors (Lipinski definition) is 8. The molecular weight excluding hydrogens is 334 g/mol. The minimum atomic E-state index is -0.414. The Morgan fingerprint density at radius 3 is 2.92 bits per heavy atom. The molecule has 0 saturated heterocycles. The quantitative estimate of drug-likeness (QED) is 0.470. The molecule has 2 heterocycles. The first-order chi connectivity index (χ1) is 11.4. The van der Waals surface area contributed by atoms with Crippen LogP contribution >= 0.6 is 11.8 Å². The summed E-state index contributed by atoms with van der Waals surface area (Å²) in [6.45, 7) is 6.45. The van der Waals surface area contributed by atoms with Crippen molar-refractivity contribution in [2.45, 2.75) is 43.8 Å². The van der Waals surface area contributed by atoms with Crippen LogP contribution in [0.1, 0.15) is 31.9 Å². The third-order valence-corrected chi connectivity index (χ3v) is 4.38. The molecule has 0 aliphatic carbocycles. The van der Waals surface area contributed by atoms with E-state index in [0.717, 1.165) is 5.56 Å². The van der Waals surface area contributed by atoms with Crippen LogP contribution in [0.15, 0.2) is 17.3 Å². The van der Waals surface area contributed by atoms with Crippen LogP contribution in [-0.2, 0) is 22.6 Å². The molecule has 1 aliphatic heterocycles. The number of nitro groups is 1. The Kier molecular flexibility index (Phi) is 4.41. The fourth-order valence-electron chi connectivity index (χ4n) is 2.33. The van der Waals surface area contributed by atoms with Crippen LogP contribution in [0.3, 0.4) is 0 Å². The number of aromatic nitrogens is 4. The van der Waals surface area contributed by atoms with Crippen molar-refractivity contribution < 1.29 is 14.4 Å². The summed E-state index contributed by atoms with van der Waals surface area (Å²) in [5.74, 6) is 1.11. The second kappa shape index (κ2) is 6.36. The van der Waals surface area contributed by atoms with Gasteiger partial charge in [-0.2, -0.15) is 0 Å². The van der Waals surface area contributed by atoms with E-state index < -0.39 is 4.92 Å². The van der Waals surface area contributed by atoms with Crippen molar-refractivity contribution >= 4 is 17.4 Å². The van der Waals surface area contributed by atoms with Gasteiger partial charge in [-0.05, 0) is 31.2 Å². The molecule has 0 spiro atoms. The summed E-state index contributed by atoms with van der Waals surface area (Å²) in [7, 11) is 0. The normalized spacial score (nSPS) is 14.1. The number of rotatable bonds is 4. The first-order valence-corrected chi connectivity index (χ1v) is 8.27. The Bertz CT molecular complexity index is 771. The number of ether oxygens (including phenoxy) is 2. The molecule has 24 heavy (non-hydrogen) atoms. The van der Waals surface area contributed by atoms with Crippen LogP contribution in [0.2, 0.25) is 0 Å². The number of hydrogen-bond donors (Lipinski definition) is 0. The monoisotopic (exact) mass is 351 g/mol. The molecule has 0 fully saturated rings. The van der Waals surface area contributed by atoms with Gasteiger partial charge in [0.15, 0.2) is 6.79 Å². The molecule has 128 valence electrons. The summed E-state index contributed by atoms with van der Waals surface area (Å²) in [6.07, 6.45) is 0. The number of fused-ring (bicyclic) bond motifs is 1. The molecule has 0 radical (unpaired) electrons. The highest BCUT2D eigenvalue weighted by Gasteiger charge is 2.23. The van der Waals surface area contributed by atoms with Gasteiger partial charge in [-0.15, -0.1) is 5.10 Å². The fraction of sp³-hybridized carbons (Fsp3) is 0.500. The van der Waals surface area contributed by atoms with E-state index in [4.69, 9.17) is 9.47 Å². The van der Waals surface area contributed by atoms with Gasteiger partial charge >= 0.3 is 0 Å². The molecule has 1 aliphatic rings. The Balaban J connectivity index is 1.89.